The second-order valence-corrected chi connectivity index (χ2v) is 5.77. The minimum atomic E-state index is -0.0421. The second-order valence-electron chi connectivity index (χ2n) is 5.41. The summed E-state index contributed by atoms with van der Waals surface area (Å²) in [5.41, 5.74) is 5.57. The number of aryl methyl sites for hydroxylation is 2. The zero-order valence-electron chi connectivity index (χ0n) is 12.2. The van der Waals surface area contributed by atoms with Crippen molar-refractivity contribution in [3.05, 3.63) is 69.9 Å². The van der Waals surface area contributed by atoms with Crippen molar-refractivity contribution in [2.75, 3.05) is 0 Å². The number of fused-ring (bicyclic) bond motifs is 1. The van der Waals surface area contributed by atoms with E-state index < -0.39 is 0 Å². The number of para-hydroxylation sites is 1. The van der Waals surface area contributed by atoms with E-state index >= 15 is 0 Å². The van der Waals surface area contributed by atoms with Gasteiger partial charge in [-0.3, -0.25) is 0 Å². The molecule has 2 nitrogen and oxygen atoms in total. The highest BCUT2D eigenvalue weighted by Crippen LogP contribution is 2.33. The zero-order valence-corrected chi connectivity index (χ0v) is 13.0. The molecule has 0 aliphatic rings. The third-order valence-corrected chi connectivity index (χ3v) is 4.50. The van der Waals surface area contributed by atoms with Gasteiger partial charge in [-0.05, 0) is 30.5 Å². The fourth-order valence-electron chi connectivity index (χ4n) is 2.89. The van der Waals surface area contributed by atoms with Crippen LogP contribution in [-0.2, 0) is 13.2 Å². The first-order valence-electron chi connectivity index (χ1n) is 7.05. The Morgan fingerprint density at radius 1 is 1.00 bits per heavy atom. The minimum Gasteiger partial charge on any atom is -0.392 e. The first kappa shape index (κ1) is 14.2. The van der Waals surface area contributed by atoms with Gasteiger partial charge in [0, 0.05) is 17.5 Å². The average Bonchev–Trinajstić information content (AvgIpc) is 2.75. The fraction of sp³-hybridized carbons (Fsp3) is 0.222. The molecule has 0 unspecified atom stereocenters. The molecule has 1 N–H and O–H groups in total. The molecule has 0 aliphatic heterocycles. The Balaban J connectivity index is 2.23. The van der Waals surface area contributed by atoms with Crippen LogP contribution in [0.3, 0.4) is 0 Å². The fourth-order valence-corrected chi connectivity index (χ4v) is 3.20. The molecule has 3 heteroatoms. The maximum Gasteiger partial charge on any atom is 0.115 e. The molecule has 0 radical (unpaired) electrons. The number of rotatable bonds is 3. The van der Waals surface area contributed by atoms with Crippen molar-refractivity contribution in [3.63, 3.8) is 0 Å². The Kier molecular flexibility index (Phi) is 3.75. The van der Waals surface area contributed by atoms with Gasteiger partial charge in [0.25, 0.3) is 0 Å². The van der Waals surface area contributed by atoms with Crippen molar-refractivity contribution in [3.8, 4) is 0 Å². The Morgan fingerprint density at radius 3 is 2.43 bits per heavy atom. The maximum atomic E-state index is 9.64. The van der Waals surface area contributed by atoms with Crippen LogP contribution in [0, 0.1) is 13.8 Å². The van der Waals surface area contributed by atoms with E-state index in [2.05, 4.69) is 36.6 Å². The summed E-state index contributed by atoms with van der Waals surface area (Å²) in [5.74, 6) is 0. The molecule has 1 heterocycles. The lowest BCUT2D eigenvalue weighted by Crippen LogP contribution is -2.02. The number of aromatic nitrogens is 1. The van der Waals surface area contributed by atoms with Gasteiger partial charge in [0.05, 0.1) is 12.1 Å². The number of aliphatic hydroxyl groups excluding tert-OH is 1. The van der Waals surface area contributed by atoms with Gasteiger partial charge in [-0.25, -0.2) is 0 Å². The topological polar surface area (TPSA) is 25.2 Å². The lowest BCUT2D eigenvalue weighted by molar-refractivity contribution is 0.283. The summed E-state index contributed by atoms with van der Waals surface area (Å²) in [4.78, 5) is 0. The molecule has 0 fully saturated rings. The molecule has 0 aliphatic carbocycles. The van der Waals surface area contributed by atoms with Crippen LogP contribution in [0.5, 0.6) is 0 Å². The van der Waals surface area contributed by atoms with Crippen molar-refractivity contribution in [2.24, 2.45) is 0 Å². The van der Waals surface area contributed by atoms with Gasteiger partial charge < -0.3 is 9.67 Å². The van der Waals surface area contributed by atoms with Crippen molar-refractivity contribution < 1.29 is 5.11 Å². The summed E-state index contributed by atoms with van der Waals surface area (Å²) in [6, 6.07) is 14.4. The predicted octanol–water partition coefficient (Wildman–Crippen LogP) is 4.45. The smallest absolute Gasteiger partial charge is 0.115 e. The summed E-state index contributed by atoms with van der Waals surface area (Å²) in [5, 5.41) is 11.3. The monoisotopic (exact) mass is 299 g/mol. The highest BCUT2D eigenvalue weighted by molar-refractivity contribution is 6.32. The van der Waals surface area contributed by atoms with Crippen LogP contribution in [0.4, 0.5) is 0 Å². The standard InChI is InChI=1S/C18H18ClNO/c1-12-6-3-4-8-14(12)10-20-17-13(2)7-5-9-15(17)16(11-21)18(20)19/h3-9,21H,10-11H2,1-2H3. The molecule has 0 amide bonds. The van der Waals surface area contributed by atoms with Crippen molar-refractivity contribution in [1.82, 2.24) is 4.57 Å². The Labute approximate surface area is 129 Å². The van der Waals surface area contributed by atoms with E-state index in [4.69, 9.17) is 11.6 Å². The molecule has 0 atom stereocenters. The Bertz CT molecular complexity index is 804. The number of nitrogens with zero attached hydrogens (tertiary/aromatic N) is 1. The Morgan fingerprint density at radius 2 is 1.71 bits per heavy atom. The van der Waals surface area contributed by atoms with Crippen LogP contribution in [0.15, 0.2) is 42.5 Å². The molecule has 3 aromatic rings. The molecule has 2 aromatic carbocycles. The van der Waals surface area contributed by atoms with E-state index in [9.17, 15) is 5.11 Å². The van der Waals surface area contributed by atoms with Crippen LogP contribution in [0.2, 0.25) is 5.15 Å². The van der Waals surface area contributed by atoms with E-state index in [0.717, 1.165) is 16.5 Å². The molecular formula is C18H18ClNO. The lowest BCUT2D eigenvalue weighted by Gasteiger charge is -2.11. The van der Waals surface area contributed by atoms with Gasteiger partial charge in [-0.15, -0.1) is 0 Å². The van der Waals surface area contributed by atoms with Gasteiger partial charge in [0.15, 0.2) is 0 Å². The molecule has 1 aromatic heterocycles. The lowest BCUT2D eigenvalue weighted by atomic mass is 10.1. The van der Waals surface area contributed by atoms with Gasteiger partial charge >= 0.3 is 0 Å². The summed E-state index contributed by atoms with van der Waals surface area (Å²) in [7, 11) is 0. The van der Waals surface area contributed by atoms with Crippen LogP contribution in [-0.4, -0.2) is 9.67 Å². The molecule has 0 spiro atoms. The number of aliphatic hydroxyl groups is 1. The molecule has 3 rings (SSSR count). The summed E-state index contributed by atoms with van der Waals surface area (Å²) in [6.45, 7) is 4.86. The summed E-state index contributed by atoms with van der Waals surface area (Å²) < 4.78 is 2.10. The first-order valence-corrected chi connectivity index (χ1v) is 7.43. The van der Waals surface area contributed by atoms with Gasteiger partial charge in [0.1, 0.15) is 5.15 Å². The van der Waals surface area contributed by atoms with Crippen LogP contribution < -0.4 is 0 Å². The van der Waals surface area contributed by atoms with Gasteiger partial charge in [0.2, 0.25) is 0 Å². The third kappa shape index (κ3) is 2.35. The predicted molar refractivity (Wildman–Crippen MR) is 87.9 cm³/mol. The molecular weight excluding hydrogens is 282 g/mol. The quantitative estimate of drug-likeness (QED) is 0.759. The highest BCUT2D eigenvalue weighted by Gasteiger charge is 2.16. The van der Waals surface area contributed by atoms with E-state index in [1.165, 1.54) is 16.7 Å². The summed E-state index contributed by atoms with van der Waals surface area (Å²) >= 11 is 6.53. The molecule has 0 saturated carbocycles. The van der Waals surface area contributed by atoms with Crippen molar-refractivity contribution in [1.29, 1.82) is 0 Å². The third-order valence-electron chi connectivity index (χ3n) is 4.07. The molecule has 0 saturated heterocycles. The maximum absolute atomic E-state index is 9.64. The largest absolute Gasteiger partial charge is 0.392 e. The SMILES string of the molecule is Cc1ccccc1Cn1c(Cl)c(CO)c2cccc(C)c21. The van der Waals surface area contributed by atoms with Crippen molar-refractivity contribution in [2.45, 2.75) is 27.0 Å². The second kappa shape index (κ2) is 5.55. The number of hydrogen-bond acceptors (Lipinski definition) is 1. The molecule has 108 valence electrons. The molecule has 21 heavy (non-hydrogen) atoms. The van der Waals surface area contributed by atoms with Crippen LogP contribution in [0.25, 0.3) is 10.9 Å². The van der Waals surface area contributed by atoms with E-state index in [0.29, 0.717) is 11.7 Å². The first-order chi connectivity index (χ1) is 10.1. The van der Waals surface area contributed by atoms with Gasteiger partial charge in [-0.2, -0.15) is 0 Å². The van der Waals surface area contributed by atoms with Crippen LogP contribution >= 0.6 is 11.6 Å². The number of hydrogen-bond donors (Lipinski definition) is 1. The minimum absolute atomic E-state index is 0.0421. The van der Waals surface area contributed by atoms with E-state index in [1.54, 1.807) is 0 Å². The van der Waals surface area contributed by atoms with Crippen LogP contribution in [0.1, 0.15) is 22.3 Å². The summed E-state index contributed by atoms with van der Waals surface area (Å²) in [6.07, 6.45) is 0. The van der Waals surface area contributed by atoms with Crippen molar-refractivity contribution >= 4 is 22.5 Å². The average molecular weight is 300 g/mol. The normalized spacial score (nSPS) is 11.2. The zero-order chi connectivity index (χ0) is 15.0. The van der Waals surface area contributed by atoms with Gasteiger partial charge in [-0.1, -0.05) is 54.1 Å². The highest BCUT2D eigenvalue weighted by atomic mass is 35.5. The van der Waals surface area contributed by atoms with E-state index in [1.807, 2.05) is 24.3 Å². The Hall–Kier alpha value is -1.77. The molecule has 0 bridgehead atoms. The number of benzene rings is 2. The number of halogens is 1. The van der Waals surface area contributed by atoms with E-state index in [-0.39, 0.29) is 6.61 Å².